The summed E-state index contributed by atoms with van der Waals surface area (Å²) >= 11 is 0. The highest BCUT2D eigenvalue weighted by atomic mass is 16.6. The van der Waals surface area contributed by atoms with Crippen molar-refractivity contribution in [2.24, 2.45) is 0 Å². The number of hydrogen-bond acceptors (Lipinski definition) is 6. The molecule has 1 aliphatic rings. The third kappa shape index (κ3) is 4.40. The number of fused-ring (bicyclic) bond motifs is 2. The van der Waals surface area contributed by atoms with Gasteiger partial charge in [0.15, 0.2) is 18.1 Å². The Kier molecular flexibility index (Phi) is 5.61. The lowest BCUT2D eigenvalue weighted by molar-refractivity contribution is -0.148. The fraction of sp³-hybridized carbons (Fsp3) is 0.304. The number of nitrogens with one attached hydrogen (secondary N) is 1. The molecule has 0 aliphatic carbocycles. The number of benzene rings is 2. The fourth-order valence-corrected chi connectivity index (χ4v) is 3.27. The SMILES string of the molecule is Cc1cc2occ(CC(=O)OCC(=O)NCC3COc4ccccc4O3)c2cc1C. The van der Waals surface area contributed by atoms with Gasteiger partial charge in [-0.2, -0.15) is 0 Å². The molecule has 1 atom stereocenters. The number of aryl methyl sites for hydroxylation is 2. The van der Waals surface area contributed by atoms with E-state index in [4.69, 9.17) is 18.6 Å². The van der Waals surface area contributed by atoms with Crippen LogP contribution in [0.4, 0.5) is 0 Å². The summed E-state index contributed by atoms with van der Waals surface area (Å²) in [5.41, 5.74) is 3.72. The molecule has 0 saturated carbocycles. The Morgan fingerprint density at radius 1 is 1.13 bits per heavy atom. The van der Waals surface area contributed by atoms with Crippen molar-refractivity contribution in [3.63, 3.8) is 0 Å². The lowest BCUT2D eigenvalue weighted by Crippen LogP contribution is -2.42. The van der Waals surface area contributed by atoms with E-state index in [1.165, 1.54) is 0 Å². The maximum absolute atomic E-state index is 12.2. The number of carbonyl (C=O) groups is 2. The summed E-state index contributed by atoms with van der Waals surface area (Å²) in [4.78, 5) is 24.2. The largest absolute Gasteiger partial charge is 0.486 e. The molecule has 2 aromatic carbocycles. The van der Waals surface area contributed by atoms with Gasteiger partial charge in [0.2, 0.25) is 0 Å². The second-order valence-corrected chi connectivity index (χ2v) is 7.33. The first-order chi connectivity index (χ1) is 14.5. The summed E-state index contributed by atoms with van der Waals surface area (Å²) in [7, 11) is 0. The Balaban J connectivity index is 1.24. The highest BCUT2D eigenvalue weighted by Crippen LogP contribution is 2.30. The molecule has 30 heavy (non-hydrogen) atoms. The van der Waals surface area contributed by atoms with Gasteiger partial charge in [0.25, 0.3) is 5.91 Å². The van der Waals surface area contributed by atoms with Crippen LogP contribution in [0.3, 0.4) is 0 Å². The van der Waals surface area contributed by atoms with Gasteiger partial charge in [0, 0.05) is 10.9 Å². The molecule has 0 fully saturated rings. The minimum atomic E-state index is -0.489. The lowest BCUT2D eigenvalue weighted by atomic mass is 10.0. The maximum Gasteiger partial charge on any atom is 0.310 e. The first kappa shape index (κ1) is 19.8. The van der Waals surface area contributed by atoms with Gasteiger partial charge in [0.1, 0.15) is 18.3 Å². The van der Waals surface area contributed by atoms with Crippen molar-refractivity contribution >= 4 is 22.8 Å². The number of rotatable bonds is 6. The van der Waals surface area contributed by atoms with Crippen molar-refractivity contribution in [3.8, 4) is 11.5 Å². The number of furan rings is 1. The van der Waals surface area contributed by atoms with Crippen molar-refractivity contribution in [3.05, 3.63) is 59.4 Å². The summed E-state index contributed by atoms with van der Waals surface area (Å²) in [6.07, 6.45) is 1.30. The van der Waals surface area contributed by atoms with Crippen LogP contribution in [-0.2, 0) is 20.7 Å². The van der Waals surface area contributed by atoms with Gasteiger partial charge in [-0.3, -0.25) is 9.59 Å². The van der Waals surface area contributed by atoms with E-state index in [-0.39, 0.29) is 25.7 Å². The third-order valence-electron chi connectivity index (χ3n) is 5.06. The van der Waals surface area contributed by atoms with Gasteiger partial charge >= 0.3 is 5.97 Å². The predicted octanol–water partition coefficient (Wildman–Crippen LogP) is 3.09. The van der Waals surface area contributed by atoms with Gasteiger partial charge in [-0.25, -0.2) is 0 Å². The lowest BCUT2D eigenvalue weighted by Gasteiger charge is -2.26. The molecule has 0 spiro atoms. The molecule has 156 valence electrons. The Bertz CT molecular complexity index is 1090. The zero-order valence-electron chi connectivity index (χ0n) is 16.9. The number of carbonyl (C=O) groups excluding carboxylic acids is 2. The van der Waals surface area contributed by atoms with Crippen LogP contribution in [0.2, 0.25) is 0 Å². The number of para-hydroxylation sites is 2. The van der Waals surface area contributed by atoms with Gasteiger partial charge in [0.05, 0.1) is 19.2 Å². The Hall–Kier alpha value is -3.48. The molecule has 1 N–H and O–H groups in total. The first-order valence-corrected chi connectivity index (χ1v) is 9.77. The topological polar surface area (TPSA) is 87.0 Å². The van der Waals surface area contributed by atoms with Crippen molar-refractivity contribution in [1.29, 1.82) is 0 Å². The predicted molar refractivity (Wildman–Crippen MR) is 110 cm³/mol. The summed E-state index contributed by atoms with van der Waals surface area (Å²) in [5.74, 6) is 0.449. The second-order valence-electron chi connectivity index (χ2n) is 7.33. The normalized spacial score (nSPS) is 15.1. The molecule has 1 aliphatic heterocycles. The highest BCUT2D eigenvalue weighted by Gasteiger charge is 2.21. The molecule has 1 aromatic heterocycles. The Labute approximate surface area is 173 Å². The zero-order chi connectivity index (χ0) is 21.1. The minimum absolute atomic E-state index is 0.0408. The van der Waals surface area contributed by atoms with Gasteiger partial charge in [-0.05, 0) is 49.2 Å². The average Bonchev–Trinajstić information content (AvgIpc) is 3.12. The quantitative estimate of drug-likeness (QED) is 0.630. The van der Waals surface area contributed by atoms with E-state index in [1.807, 2.05) is 50.2 Å². The monoisotopic (exact) mass is 409 g/mol. The molecule has 1 unspecified atom stereocenters. The van der Waals surface area contributed by atoms with Gasteiger partial charge in [-0.1, -0.05) is 12.1 Å². The van der Waals surface area contributed by atoms with E-state index >= 15 is 0 Å². The molecule has 4 rings (SSSR count). The van der Waals surface area contributed by atoms with Crippen LogP contribution in [0, 0.1) is 13.8 Å². The number of hydrogen-bond donors (Lipinski definition) is 1. The van der Waals surface area contributed by atoms with Crippen LogP contribution in [0.1, 0.15) is 16.7 Å². The highest BCUT2D eigenvalue weighted by molar-refractivity contribution is 5.87. The molecule has 2 heterocycles. The molecule has 7 nitrogen and oxygen atoms in total. The molecule has 1 amide bonds. The van der Waals surface area contributed by atoms with Crippen LogP contribution in [0.15, 0.2) is 47.1 Å². The summed E-state index contributed by atoms with van der Waals surface area (Å²) in [6.45, 7) is 4.26. The standard InChI is InChI=1S/C23H23NO6/c1-14-7-18-16(11-27-21(18)8-15(14)2)9-23(26)29-13-22(25)24-10-17-12-28-19-5-3-4-6-20(19)30-17/h3-8,11,17H,9-10,12-13H2,1-2H3,(H,24,25). The summed E-state index contributed by atoms with van der Waals surface area (Å²) < 4.78 is 22.0. The Morgan fingerprint density at radius 2 is 1.90 bits per heavy atom. The van der Waals surface area contributed by atoms with E-state index in [0.29, 0.717) is 18.1 Å². The molecule has 0 radical (unpaired) electrons. The number of esters is 1. The van der Waals surface area contributed by atoms with Crippen molar-refractivity contribution < 1.29 is 28.2 Å². The molecule has 0 bridgehead atoms. The van der Waals surface area contributed by atoms with Crippen LogP contribution < -0.4 is 14.8 Å². The fourth-order valence-electron chi connectivity index (χ4n) is 3.27. The minimum Gasteiger partial charge on any atom is -0.486 e. The summed E-state index contributed by atoms with van der Waals surface area (Å²) in [5, 5.41) is 3.58. The molecular weight excluding hydrogens is 386 g/mol. The van der Waals surface area contributed by atoms with Crippen LogP contribution in [0.25, 0.3) is 11.0 Å². The first-order valence-electron chi connectivity index (χ1n) is 9.77. The van der Waals surface area contributed by atoms with Crippen molar-refractivity contribution in [2.75, 3.05) is 19.8 Å². The molecule has 0 saturated heterocycles. The average molecular weight is 409 g/mol. The second kappa shape index (κ2) is 8.49. The van der Waals surface area contributed by atoms with E-state index in [2.05, 4.69) is 5.32 Å². The van der Waals surface area contributed by atoms with E-state index < -0.39 is 11.9 Å². The smallest absolute Gasteiger partial charge is 0.310 e. The zero-order valence-corrected chi connectivity index (χ0v) is 16.9. The van der Waals surface area contributed by atoms with Crippen molar-refractivity contribution in [1.82, 2.24) is 5.32 Å². The van der Waals surface area contributed by atoms with Crippen molar-refractivity contribution in [2.45, 2.75) is 26.4 Å². The van der Waals surface area contributed by atoms with Crippen LogP contribution >= 0.6 is 0 Å². The molecular formula is C23H23NO6. The maximum atomic E-state index is 12.2. The van der Waals surface area contributed by atoms with E-state index in [0.717, 1.165) is 27.7 Å². The van der Waals surface area contributed by atoms with Crippen LogP contribution in [0.5, 0.6) is 11.5 Å². The third-order valence-corrected chi connectivity index (χ3v) is 5.06. The van der Waals surface area contributed by atoms with E-state index in [1.54, 1.807) is 6.26 Å². The Morgan fingerprint density at radius 3 is 2.73 bits per heavy atom. The number of ether oxygens (including phenoxy) is 3. The molecule has 7 heteroatoms. The van der Waals surface area contributed by atoms with E-state index in [9.17, 15) is 9.59 Å². The summed E-state index contributed by atoms with van der Waals surface area (Å²) in [6, 6.07) is 11.3. The number of amides is 1. The van der Waals surface area contributed by atoms with Gasteiger partial charge < -0.3 is 23.9 Å². The van der Waals surface area contributed by atoms with Crippen LogP contribution in [-0.4, -0.2) is 37.7 Å². The molecule has 3 aromatic rings. The van der Waals surface area contributed by atoms with Gasteiger partial charge in [-0.15, -0.1) is 0 Å².